The van der Waals surface area contributed by atoms with E-state index in [2.05, 4.69) is 4.98 Å². The van der Waals surface area contributed by atoms with Gasteiger partial charge < -0.3 is 9.30 Å². The van der Waals surface area contributed by atoms with Gasteiger partial charge in [0.2, 0.25) is 0 Å². The van der Waals surface area contributed by atoms with Gasteiger partial charge in [-0.25, -0.2) is 13.8 Å². The van der Waals surface area contributed by atoms with Gasteiger partial charge in [0.1, 0.15) is 23.6 Å². The number of hydrogen-bond acceptors (Lipinski definition) is 2. The number of aromatic nitrogens is 2. The van der Waals surface area contributed by atoms with E-state index >= 15 is 0 Å². The average molecular weight is 266 g/mol. The Morgan fingerprint density at radius 2 is 2.16 bits per heavy atom. The Balaban J connectivity index is 2.21. The van der Waals surface area contributed by atoms with Gasteiger partial charge in [0.25, 0.3) is 0 Å². The first kappa shape index (κ1) is 13.7. The van der Waals surface area contributed by atoms with Crippen molar-refractivity contribution in [3.05, 3.63) is 53.6 Å². The van der Waals surface area contributed by atoms with Crippen LogP contribution >= 0.6 is 0 Å². The van der Waals surface area contributed by atoms with E-state index in [9.17, 15) is 8.78 Å². The third kappa shape index (κ3) is 3.17. The van der Waals surface area contributed by atoms with Crippen molar-refractivity contribution in [1.82, 2.24) is 9.55 Å². The number of imidazole rings is 1. The average Bonchev–Trinajstić information content (AvgIpc) is 2.81. The monoisotopic (exact) mass is 266 g/mol. The molecule has 0 aliphatic rings. The van der Waals surface area contributed by atoms with Gasteiger partial charge in [0.05, 0.1) is 6.54 Å². The number of rotatable bonds is 5. The van der Waals surface area contributed by atoms with E-state index in [0.717, 1.165) is 11.9 Å². The summed E-state index contributed by atoms with van der Waals surface area (Å²) in [6, 6.07) is 3.58. The molecular weight excluding hydrogens is 250 g/mol. The van der Waals surface area contributed by atoms with Crippen molar-refractivity contribution in [2.45, 2.75) is 26.5 Å². The molecule has 5 heteroatoms. The molecule has 1 heterocycles. The molecule has 2 aromatic rings. The van der Waals surface area contributed by atoms with E-state index in [4.69, 9.17) is 4.74 Å². The minimum Gasteiger partial charge on any atom is -0.371 e. The number of nitrogens with zero attached hydrogens (tertiary/aromatic N) is 2. The van der Waals surface area contributed by atoms with Gasteiger partial charge in [-0.2, -0.15) is 0 Å². The Morgan fingerprint density at radius 3 is 2.84 bits per heavy atom. The van der Waals surface area contributed by atoms with Crippen molar-refractivity contribution in [2.75, 3.05) is 6.61 Å². The topological polar surface area (TPSA) is 27.1 Å². The zero-order valence-electron chi connectivity index (χ0n) is 10.9. The van der Waals surface area contributed by atoms with Gasteiger partial charge in [0.15, 0.2) is 0 Å². The molecule has 19 heavy (non-hydrogen) atoms. The molecule has 1 aromatic carbocycles. The molecule has 0 radical (unpaired) electrons. The van der Waals surface area contributed by atoms with Gasteiger partial charge in [0, 0.05) is 30.6 Å². The van der Waals surface area contributed by atoms with Crippen molar-refractivity contribution in [3.8, 4) is 0 Å². The van der Waals surface area contributed by atoms with Crippen LogP contribution in [0.5, 0.6) is 0 Å². The van der Waals surface area contributed by atoms with Crippen LogP contribution < -0.4 is 0 Å². The van der Waals surface area contributed by atoms with E-state index in [-0.39, 0.29) is 6.10 Å². The lowest BCUT2D eigenvalue weighted by molar-refractivity contribution is 0.0677. The zero-order chi connectivity index (χ0) is 13.8. The van der Waals surface area contributed by atoms with Crippen LogP contribution in [-0.2, 0) is 11.3 Å². The number of benzene rings is 1. The smallest absolute Gasteiger partial charge is 0.137 e. The van der Waals surface area contributed by atoms with Crippen molar-refractivity contribution in [3.63, 3.8) is 0 Å². The molecule has 0 aliphatic carbocycles. The Hall–Kier alpha value is -1.75. The minimum absolute atomic E-state index is 0.163. The number of ether oxygens (including phenoxy) is 1. The van der Waals surface area contributed by atoms with Crippen molar-refractivity contribution in [1.29, 1.82) is 0 Å². The summed E-state index contributed by atoms with van der Waals surface area (Å²) in [6.07, 6.45) is 3.24. The molecule has 0 saturated heterocycles. The summed E-state index contributed by atoms with van der Waals surface area (Å²) in [5.41, 5.74) is 0.421. The lowest BCUT2D eigenvalue weighted by atomic mass is 10.2. The molecule has 0 spiro atoms. The molecule has 0 amide bonds. The zero-order valence-corrected chi connectivity index (χ0v) is 10.9. The van der Waals surface area contributed by atoms with Crippen LogP contribution in [0.2, 0.25) is 0 Å². The molecule has 0 fully saturated rings. The second-order valence-electron chi connectivity index (χ2n) is 4.25. The molecule has 2 rings (SSSR count). The standard InChI is InChI=1S/C14H16F2N2O/c1-3-19-10(2)14-17-6-7-18(14)9-11-4-5-12(15)8-13(11)16/h4-8,10H,3,9H2,1-2H3/t10-/m0/s1. The molecule has 0 N–H and O–H groups in total. The highest BCUT2D eigenvalue weighted by atomic mass is 19.1. The van der Waals surface area contributed by atoms with Gasteiger partial charge in [-0.3, -0.25) is 0 Å². The van der Waals surface area contributed by atoms with Crippen LogP contribution in [0.3, 0.4) is 0 Å². The summed E-state index contributed by atoms with van der Waals surface area (Å²) in [4.78, 5) is 4.22. The van der Waals surface area contributed by atoms with Crippen LogP contribution in [0.1, 0.15) is 31.3 Å². The summed E-state index contributed by atoms with van der Waals surface area (Å²) in [5.74, 6) is -0.399. The third-order valence-corrected chi connectivity index (χ3v) is 2.88. The Bertz CT molecular complexity index is 554. The van der Waals surface area contributed by atoms with E-state index in [1.54, 1.807) is 17.0 Å². The highest BCUT2D eigenvalue weighted by molar-refractivity contribution is 5.19. The number of hydrogen-bond donors (Lipinski definition) is 0. The van der Waals surface area contributed by atoms with Gasteiger partial charge >= 0.3 is 0 Å². The summed E-state index contributed by atoms with van der Waals surface area (Å²) >= 11 is 0. The first-order valence-corrected chi connectivity index (χ1v) is 6.18. The lowest BCUT2D eigenvalue weighted by Gasteiger charge is -2.14. The molecule has 0 bridgehead atoms. The van der Waals surface area contributed by atoms with Gasteiger partial charge in [-0.1, -0.05) is 6.07 Å². The normalized spacial score (nSPS) is 12.6. The largest absolute Gasteiger partial charge is 0.371 e. The maximum atomic E-state index is 13.6. The van der Waals surface area contributed by atoms with Crippen LogP contribution in [0.15, 0.2) is 30.6 Å². The SMILES string of the molecule is CCO[C@@H](C)c1nccn1Cc1ccc(F)cc1F. The lowest BCUT2D eigenvalue weighted by Crippen LogP contribution is -2.11. The molecule has 0 saturated carbocycles. The maximum absolute atomic E-state index is 13.6. The van der Waals surface area contributed by atoms with Crippen LogP contribution in [0, 0.1) is 11.6 Å². The molecule has 1 aromatic heterocycles. The second-order valence-corrected chi connectivity index (χ2v) is 4.25. The fourth-order valence-electron chi connectivity index (χ4n) is 1.97. The molecule has 3 nitrogen and oxygen atoms in total. The van der Waals surface area contributed by atoms with Gasteiger partial charge in [-0.05, 0) is 19.9 Å². The fourth-order valence-corrected chi connectivity index (χ4v) is 1.97. The summed E-state index contributed by atoms with van der Waals surface area (Å²) in [5, 5.41) is 0. The highest BCUT2D eigenvalue weighted by Gasteiger charge is 2.13. The Labute approximate surface area is 110 Å². The highest BCUT2D eigenvalue weighted by Crippen LogP contribution is 2.17. The van der Waals surface area contributed by atoms with Crippen molar-refractivity contribution in [2.24, 2.45) is 0 Å². The van der Waals surface area contributed by atoms with E-state index in [1.807, 2.05) is 13.8 Å². The van der Waals surface area contributed by atoms with Crippen LogP contribution in [-0.4, -0.2) is 16.2 Å². The first-order valence-electron chi connectivity index (χ1n) is 6.18. The molecule has 102 valence electrons. The summed E-state index contributed by atoms with van der Waals surface area (Å²) in [6.45, 7) is 4.69. The van der Waals surface area contributed by atoms with E-state index in [0.29, 0.717) is 18.7 Å². The van der Waals surface area contributed by atoms with Crippen molar-refractivity contribution < 1.29 is 13.5 Å². The minimum atomic E-state index is -0.574. The molecule has 0 unspecified atom stereocenters. The first-order chi connectivity index (χ1) is 9.11. The Kier molecular flexibility index (Phi) is 4.27. The Morgan fingerprint density at radius 1 is 1.37 bits per heavy atom. The summed E-state index contributed by atoms with van der Waals surface area (Å²) in [7, 11) is 0. The molecule has 0 aliphatic heterocycles. The predicted octanol–water partition coefficient (Wildman–Crippen LogP) is 3.31. The van der Waals surface area contributed by atoms with Gasteiger partial charge in [-0.15, -0.1) is 0 Å². The second kappa shape index (κ2) is 5.93. The van der Waals surface area contributed by atoms with Crippen LogP contribution in [0.4, 0.5) is 8.78 Å². The van der Waals surface area contributed by atoms with E-state index < -0.39 is 11.6 Å². The van der Waals surface area contributed by atoms with E-state index in [1.165, 1.54) is 12.1 Å². The maximum Gasteiger partial charge on any atom is 0.137 e. The van der Waals surface area contributed by atoms with Crippen LogP contribution in [0.25, 0.3) is 0 Å². The third-order valence-electron chi connectivity index (χ3n) is 2.88. The molecule has 1 atom stereocenters. The fraction of sp³-hybridized carbons (Fsp3) is 0.357. The predicted molar refractivity (Wildman–Crippen MR) is 67.7 cm³/mol. The quantitative estimate of drug-likeness (QED) is 0.830. The number of halogens is 2. The molecular formula is C14H16F2N2O. The summed E-state index contributed by atoms with van der Waals surface area (Å²) < 4.78 is 33.8. The van der Waals surface area contributed by atoms with Crippen molar-refractivity contribution >= 4 is 0 Å².